The number of nitrogens with one attached hydrogen (secondary N) is 1. The van der Waals surface area contributed by atoms with Gasteiger partial charge in [0.1, 0.15) is 17.4 Å². The lowest BCUT2D eigenvalue weighted by atomic mass is 10.1. The van der Waals surface area contributed by atoms with Gasteiger partial charge in [-0.1, -0.05) is 12.1 Å². The standard InChI is InChI=1S/C16H22N2O5/c1-16(2,3)22-15(21)17-13(14(19)20)10-11-4-6-12(7-5-11)23-18-8-9-18/h4-7,13H,8-10H2,1-3H3,(H,17,21)(H,19,20). The third-order valence-corrected chi connectivity index (χ3v) is 2.99. The third-order valence-electron chi connectivity index (χ3n) is 2.99. The minimum absolute atomic E-state index is 0.165. The number of aliphatic carboxylic acids is 1. The molecule has 0 bridgehead atoms. The molecule has 2 rings (SSSR count). The second kappa shape index (κ2) is 6.87. The first-order valence-electron chi connectivity index (χ1n) is 7.47. The number of hydroxylamine groups is 2. The molecule has 1 aliphatic heterocycles. The molecule has 0 aliphatic carbocycles. The molecule has 0 aromatic heterocycles. The zero-order valence-electron chi connectivity index (χ0n) is 13.5. The summed E-state index contributed by atoms with van der Waals surface area (Å²) in [4.78, 5) is 28.5. The zero-order chi connectivity index (χ0) is 17.0. The molecule has 23 heavy (non-hydrogen) atoms. The van der Waals surface area contributed by atoms with Crippen molar-refractivity contribution in [1.82, 2.24) is 10.4 Å². The number of carboxylic acid groups (broad SMARTS) is 1. The van der Waals surface area contributed by atoms with Crippen molar-refractivity contribution in [1.29, 1.82) is 0 Å². The van der Waals surface area contributed by atoms with Gasteiger partial charge in [-0.05, 0) is 38.5 Å². The van der Waals surface area contributed by atoms with Gasteiger partial charge in [-0.15, -0.1) is 5.06 Å². The number of ether oxygens (including phenoxy) is 1. The van der Waals surface area contributed by atoms with Crippen molar-refractivity contribution in [3.05, 3.63) is 29.8 Å². The van der Waals surface area contributed by atoms with E-state index < -0.39 is 23.7 Å². The summed E-state index contributed by atoms with van der Waals surface area (Å²) < 4.78 is 5.09. The molecule has 1 amide bonds. The van der Waals surface area contributed by atoms with E-state index in [9.17, 15) is 14.7 Å². The van der Waals surface area contributed by atoms with Crippen LogP contribution in [0.2, 0.25) is 0 Å². The van der Waals surface area contributed by atoms with Crippen LogP contribution in [-0.4, -0.2) is 47.0 Å². The minimum Gasteiger partial charge on any atom is -0.480 e. The molecule has 0 spiro atoms. The van der Waals surface area contributed by atoms with Crippen molar-refractivity contribution in [2.45, 2.75) is 38.8 Å². The van der Waals surface area contributed by atoms with Crippen LogP contribution in [0.25, 0.3) is 0 Å². The first kappa shape index (κ1) is 17.1. The lowest BCUT2D eigenvalue weighted by Gasteiger charge is -2.22. The van der Waals surface area contributed by atoms with Gasteiger partial charge in [-0.25, -0.2) is 9.59 Å². The number of carbonyl (C=O) groups excluding carboxylic acids is 1. The Morgan fingerprint density at radius 3 is 2.35 bits per heavy atom. The SMILES string of the molecule is CC(C)(C)OC(=O)NC(Cc1ccc(ON2CC2)cc1)C(=O)O. The number of carbonyl (C=O) groups is 2. The number of rotatable bonds is 6. The fourth-order valence-corrected chi connectivity index (χ4v) is 1.85. The Hall–Kier alpha value is -2.28. The normalized spacial score (nSPS) is 15.6. The fraction of sp³-hybridized carbons (Fsp3) is 0.500. The van der Waals surface area contributed by atoms with Gasteiger partial charge in [0.25, 0.3) is 0 Å². The minimum atomic E-state index is -1.11. The molecule has 2 N–H and O–H groups in total. The largest absolute Gasteiger partial charge is 0.480 e. The highest BCUT2D eigenvalue weighted by Crippen LogP contribution is 2.17. The van der Waals surface area contributed by atoms with Gasteiger partial charge in [0.15, 0.2) is 0 Å². The Labute approximate surface area is 135 Å². The van der Waals surface area contributed by atoms with Crippen LogP contribution in [0.3, 0.4) is 0 Å². The van der Waals surface area contributed by atoms with Crippen LogP contribution >= 0.6 is 0 Å². The smallest absolute Gasteiger partial charge is 0.408 e. The molecule has 1 fully saturated rings. The first-order chi connectivity index (χ1) is 10.7. The third kappa shape index (κ3) is 6.15. The molecule has 1 unspecified atom stereocenters. The molecular weight excluding hydrogens is 300 g/mol. The number of benzene rings is 1. The molecule has 7 nitrogen and oxygen atoms in total. The zero-order valence-corrected chi connectivity index (χ0v) is 13.5. The van der Waals surface area contributed by atoms with Crippen LogP contribution in [0.5, 0.6) is 5.75 Å². The predicted octanol–water partition coefficient (Wildman–Crippen LogP) is 1.82. The Morgan fingerprint density at radius 2 is 1.87 bits per heavy atom. The molecule has 7 heteroatoms. The maximum absolute atomic E-state index is 11.7. The van der Waals surface area contributed by atoms with Crippen molar-refractivity contribution in [2.75, 3.05) is 13.1 Å². The summed E-state index contributed by atoms with van der Waals surface area (Å²) in [5.41, 5.74) is 0.108. The van der Waals surface area contributed by atoms with Crippen LogP contribution in [0, 0.1) is 0 Å². The van der Waals surface area contributed by atoms with Gasteiger partial charge in [-0.2, -0.15) is 0 Å². The molecular formula is C16H22N2O5. The van der Waals surface area contributed by atoms with Gasteiger partial charge in [0.2, 0.25) is 0 Å². The number of alkyl carbamates (subject to hydrolysis) is 1. The molecule has 1 heterocycles. The Kier molecular flexibility index (Phi) is 5.10. The van der Waals surface area contributed by atoms with E-state index >= 15 is 0 Å². The summed E-state index contributed by atoms with van der Waals surface area (Å²) >= 11 is 0. The van der Waals surface area contributed by atoms with E-state index in [1.807, 2.05) is 0 Å². The lowest BCUT2D eigenvalue weighted by Crippen LogP contribution is -2.44. The van der Waals surface area contributed by atoms with Crippen molar-refractivity contribution in [2.24, 2.45) is 0 Å². The Bertz CT molecular complexity index is 561. The van der Waals surface area contributed by atoms with Crippen molar-refractivity contribution >= 4 is 12.1 Å². The lowest BCUT2D eigenvalue weighted by molar-refractivity contribution is -0.139. The summed E-state index contributed by atoms with van der Waals surface area (Å²) in [5.74, 6) is -0.404. The van der Waals surface area contributed by atoms with E-state index in [0.29, 0.717) is 5.75 Å². The second-order valence-electron chi connectivity index (χ2n) is 6.41. The molecule has 1 aromatic carbocycles. The molecule has 1 aromatic rings. The van der Waals surface area contributed by atoms with Crippen LogP contribution < -0.4 is 10.2 Å². The average Bonchev–Trinajstić information content (AvgIpc) is 3.22. The molecule has 1 atom stereocenters. The monoisotopic (exact) mass is 322 g/mol. The molecule has 1 aliphatic rings. The second-order valence-corrected chi connectivity index (χ2v) is 6.41. The van der Waals surface area contributed by atoms with Crippen LogP contribution in [-0.2, 0) is 16.0 Å². The van der Waals surface area contributed by atoms with Crippen LogP contribution in [0.1, 0.15) is 26.3 Å². The first-order valence-corrected chi connectivity index (χ1v) is 7.47. The summed E-state index contributed by atoms with van der Waals surface area (Å²) in [6.45, 7) is 7.00. The van der Waals surface area contributed by atoms with Crippen molar-refractivity contribution in [3.8, 4) is 5.75 Å². The predicted molar refractivity (Wildman–Crippen MR) is 83.1 cm³/mol. The maximum atomic E-state index is 11.7. The number of nitrogens with zero attached hydrogens (tertiary/aromatic N) is 1. The van der Waals surface area contributed by atoms with Gasteiger partial charge in [0.05, 0.1) is 13.1 Å². The summed E-state index contributed by atoms with van der Waals surface area (Å²) in [6, 6.07) is 6.07. The van der Waals surface area contributed by atoms with E-state index in [1.165, 1.54) is 0 Å². The molecule has 126 valence electrons. The summed E-state index contributed by atoms with van der Waals surface area (Å²) in [6.07, 6.45) is -0.579. The summed E-state index contributed by atoms with van der Waals surface area (Å²) in [5, 5.41) is 13.4. The van der Waals surface area contributed by atoms with E-state index in [2.05, 4.69) is 5.32 Å². The van der Waals surface area contributed by atoms with Crippen molar-refractivity contribution < 1.29 is 24.3 Å². The van der Waals surface area contributed by atoms with E-state index in [1.54, 1.807) is 50.1 Å². The highest BCUT2D eigenvalue weighted by atomic mass is 16.7. The Morgan fingerprint density at radius 1 is 1.26 bits per heavy atom. The molecule has 1 saturated heterocycles. The molecule has 0 radical (unpaired) electrons. The number of amides is 1. The van der Waals surface area contributed by atoms with E-state index in [4.69, 9.17) is 9.57 Å². The van der Waals surface area contributed by atoms with Gasteiger partial charge in [-0.3, -0.25) is 0 Å². The fourth-order valence-electron chi connectivity index (χ4n) is 1.85. The summed E-state index contributed by atoms with van der Waals surface area (Å²) in [7, 11) is 0. The van der Waals surface area contributed by atoms with Crippen LogP contribution in [0.15, 0.2) is 24.3 Å². The highest BCUT2D eigenvalue weighted by molar-refractivity contribution is 5.80. The van der Waals surface area contributed by atoms with Gasteiger partial charge >= 0.3 is 12.1 Å². The molecule has 0 saturated carbocycles. The number of hydrogen-bond acceptors (Lipinski definition) is 5. The van der Waals surface area contributed by atoms with Crippen LogP contribution in [0.4, 0.5) is 4.79 Å². The average molecular weight is 322 g/mol. The van der Waals surface area contributed by atoms with E-state index in [-0.39, 0.29) is 6.42 Å². The number of hydrogen-bond donors (Lipinski definition) is 2. The van der Waals surface area contributed by atoms with Gasteiger partial charge < -0.3 is 20.0 Å². The van der Waals surface area contributed by atoms with E-state index in [0.717, 1.165) is 18.7 Å². The highest BCUT2D eigenvalue weighted by Gasteiger charge is 2.24. The number of carboxylic acids is 1. The topological polar surface area (TPSA) is 87.9 Å². The Balaban J connectivity index is 1.92. The maximum Gasteiger partial charge on any atom is 0.408 e. The quantitative estimate of drug-likeness (QED) is 0.777. The van der Waals surface area contributed by atoms with Gasteiger partial charge in [0, 0.05) is 6.42 Å². The van der Waals surface area contributed by atoms with Crippen molar-refractivity contribution in [3.63, 3.8) is 0 Å².